The molecule has 0 spiro atoms. The monoisotopic (exact) mass is 399 g/mol. The van der Waals surface area contributed by atoms with Gasteiger partial charge in [0, 0.05) is 55.5 Å². The van der Waals surface area contributed by atoms with Gasteiger partial charge in [0.2, 0.25) is 0 Å². The molecule has 29 heavy (non-hydrogen) atoms. The minimum Gasteiger partial charge on any atom is -0.326 e. The first-order valence-corrected chi connectivity index (χ1v) is 9.78. The fourth-order valence-electron chi connectivity index (χ4n) is 4.49. The average Bonchev–Trinajstić information content (AvgIpc) is 3.42. The van der Waals surface area contributed by atoms with Crippen LogP contribution in [-0.4, -0.2) is 43.9 Å². The van der Waals surface area contributed by atoms with Crippen molar-refractivity contribution in [3.8, 4) is 0 Å². The number of H-pyrrole nitrogens is 2. The molecule has 7 nitrogen and oxygen atoms in total. The molecule has 0 saturated carbocycles. The quantitative estimate of drug-likeness (QED) is 0.536. The third kappa shape index (κ3) is 3.45. The Bertz CT molecular complexity index is 980. The van der Waals surface area contributed by atoms with E-state index in [-0.39, 0.29) is 18.5 Å². The van der Waals surface area contributed by atoms with E-state index >= 15 is 0 Å². The fourth-order valence-corrected chi connectivity index (χ4v) is 4.49. The number of benzene rings is 1. The largest absolute Gasteiger partial charge is 0.326 e. The van der Waals surface area contributed by atoms with Crippen LogP contribution in [0, 0.1) is 11.6 Å². The van der Waals surface area contributed by atoms with Crippen molar-refractivity contribution in [1.29, 1.82) is 0 Å². The third-order valence-electron chi connectivity index (χ3n) is 6.05. The summed E-state index contributed by atoms with van der Waals surface area (Å²) in [7, 11) is 0. The second kappa shape index (κ2) is 7.33. The second-order valence-electron chi connectivity index (χ2n) is 7.97. The normalized spacial score (nSPS) is 24.7. The van der Waals surface area contributed by atoms with Crippen LogP contribution in [0.15, 0.2) is 30.7 Å². The van der Waals surface area contributed by atoms with Crippen molar-refractivity contribution in [2.24, 2.45) is 5.73 Å². The van der Waals surface area contributed by atoms with Crippen molar-refractivity contribution in [1.82, 2.24) is 30.6 Å². The lowest BCUT2D eigenvalue weighted by molar-refractivity contribution is 0.137. The number of nitrogens with one attached hydrogen (secondary N) is 3. The van der Waals surface area contributed by atoms with E-state index in [9.17, 15) is 8.78 Å². The van der Waals surface area contributed by atoms with Gasteiger partial charge in [-0.1, -0.05) is 0 Å². The lowest BCUT2D eigenvalue weighted by Gasteiger charge is -2.39. The number of piperidine rings is 1. The fraction of sp³-hybridized carbons (Fsp3) is 0.400. The zero-order chi connectivity index (χ0) is 20.0. The van der Waals surface area contributed by atoms with Crippen molar-refractivity contribution in [3.05, 3.63) is 70.3 Å². The first kappa shape index (κ1) is 18.4. The minimum atomic E-state index is -0.432. The van der Waals surface area contributed by atoms with Crippen LogP contribution in [0.3, 0.4) is 0 Å². The average molecular weight is 399 g/mol. The molecule has 0 amide bonds. The molecule has 4 heterocycles. The summed E-state index contributed by atoms with van der Waals surface area (Å²) in [6.45, 7) is 2.32. The Kier molecular flexibility index (Phi) is 4.65. The number of hydrogen-bond acceptors (Lipinski definition) is 5. The lowest BCUT2D eigenvalue weighted by atomic mass is 9.88. The number of halogens is 2. The Labute approximate surface area is 166 Å². The summed E-state index contributed by atoms with van der Waals surface area (Å²) in [4.78, 5) is 2.34. The van der Waals surface area contributed by atoms with Gasteiger partial charge in [0.1, 0.15) is 11.6 Å². The lowest BCUT2D eigenvalue weighted by Crippen LogP contribution is -2.54. The molecule has 0 bridgehead atoms. The number of nitrogens with two attached hydrogens (primary N) is 1. The highest BCUT2D eigenvalue weighted by Gasteiger charge is 2.35. The topological polar surface area (TPSA) is 98.7 Å². The number of nitrogens with zero attached hydrogens (tertiary/aromatic N) is 3. The molecule has 5 rings (SSSR count). The Hall–Kier alpha value is -2.62. The molecule has 0 unspecified atom stereocenters. The van der Waals surface area contributed by atoms with Crippen LogP contribution in [-0.2, 0) is 19.5 Å². The minimum absolute atomic E-state index is 0.246. The summed E-state index contributed by atoms with van der Waals surface area (Å²) < 4.78 is 29.5. The molecule has 3 atom stereocenters. The molecule has 2 aliphatic rings. The van der Waals surface area contributed by atoms with Crippen LogP contribution < -0.4 is 11.1 Å². The smallest absolute Gasteiger partial charge is 0.128 e. The molecule has 1 saturated heterocycles. The Morgan fingerprint density at radius 3 is 2.79 bits per heavy atom. The molecule has 0 aliphatic carbocycles. The highest BCUT2D eigenvalue weighted by molar-refractivity contribution is 5.33. The number of rotatable bonds is 4. The van der Waals surface area contributed by atoms with Crippen LogP contribution in [0.1, 0.15) is 40.4 Å². The van der Waals surface area contributed by atoms with Gasteiger partial charge in [-0.3, -0.25) is 15.1 Å². The van der Waals surface area contributed by atoms with E-state index in [2.05, 4.69) is 30.6 Å². The first-order chi connectivity index (χ1) is 14.1. The zero-order valence-corrected chi connectivity index (χ0v) is 15.8. The number of aromatic nitrogens is 4. The van der Waals surface area contributed by atoms with Crippen molar-refractivity contribution in [2.75, 3.05) is 6.54 Å². The van der Waals surface area contributed by atoms with Gasteiger partial charge >= 0.3 is 0 Å². The number of hydrogen-bond donors (Lipinski definition) is 4. The van der Waals surface area contributed by atoms with Crippen LogP contribution in [0.2, 0.25) is 0 Å². The summed E-state index contributed by atoms with van der Waals surface area (Å²) >= 11 is 0. The molecule has 2 aromatic heterocycles. The van der Waals surface area contributed by atoms with Crippen molar-refractivity contribution in [3.63, 3.8) is 0 Å². The van der Waals surface area contributed by atoms with Gasteiger partial charge in [-0.25, -0.2) is 8.78 Å². The van der Waals surface area contributed by atoms with E-state index in [0.29, 0.717) is 24.1 Å². The summed E-state index contributed by atoms with van der Waals surface area (Å²) in [6.07, 6.45) is 6.14. The molecular weight excluding hydrogens is 376 g/mol. The van der Waals surface area contributed by atoms with E-state index in [1.807, 2.05) is 6.20 Å². The van der Waals surface area contributed by atoms with E-state index in [0.717, 1.165) is 24.3 Å². The number of fused-ring (bicyclic) bond motifs is 1. The van der Waals surface area contributed by atoms with Crippen LogP contribution in [0.5, 0.6) is 0 Å². The predicted molar refractivity (Wildman–Crippen MR) is 103 cm³/mol. The van der Waals surface area contributed by atoms with Crippen LogP contribution in [0.25, 0.3) is 0 Å². The van der Waals surface area contributed by atoms with E-state index < -0.39 is 17.7 Å². The van der Waals surface area contributed by atoms with Crippen molar-refractivity contribution < 1.29 is 8.78 Å². The Morgan fingerprint density at radius 1 is 1.14 bits per heavy atom. The van der Waals surface area contributed by atoms with Gasteiger partial charge in [0.15, 0.2) is 0 Å². The molecular formula is C20H23F2N7. The third-order valence-corrected chi connectivity index (χ3v) is 6.05. The van der Waals surface area contributed by atoms with Gasteiger partial charge in [-0.15, -0.1) is 0 Å². The van der Waals surface area contributed by atoms with Gasteiger partial charge in [-0.2, -0.15) is 10.2 Å². The Morgan fingerprint density at radius 2 is 2.03 bits per heavy atom. The molecule has 152 valence electrons. The van der Waals surface area contributed by atoms with Gasteiger partial charge in [0.25, 0.3) is 0 Å². The number of aromatic amines is 2. The molecule has 5 N–H and O–H groups in total. The van der Waals surface area contributed by atoms with Crippen LogP contribution in [0.4, 0.5) is 8.78 Å². The second-order valence-corrected chi connectivity index (χ2v) is 7.97. The predicted octanol–water partition coefficient (Wildman–Crippen LogP) is 1.75. The van der Waals surface area contributed by atoms with Gasteiger partial charge < -0.3 is 11.1 Å². The first-order valence-electron chi connectivity index (χ1n) is 9.78. The van der Waals surface area contributed by atoms with Crippen LogP contribution >= 0.6 is 0 Å². The molecule has 3 aromatic rings. The molecule has 2 aliphatic heterocycles. The Balaban J connectivity index is 1.29. The van der Waals surface area contributed by atoms with Crippen molar-refractivity contribution in [2.45, 2.75) is 44.1 Å². The molecule has 1 fully saturated rings. The van der Waals surface area contributed by atoms with Crippen molar-refractivity contribution >= 4 is 0 Å². The maximum absolute atomic E-state index is 14.8. The molecule has 9 heteroatoms. The van der Waals surface area contributed by atoms with Gasteiger partial charge in [0.05, 0.1) is 24.1 Å². The molecule has 1 aromatic carbocycles. The zero-order valence-electron chi connectivity index (χ0n) is 15.8. The maximum atomic E-state index is 14.8. The van der Waals surface area contributed by atoms with E-state index in [1.165, 1.54) is 17.7 Å². The summed E-state index contributed by atoms with van der Waals surface area (Å²) in [6, 6.07) is 2.09. The SMILES string of the molecule is N[C@H]1C[C@H](N2Cc3cn[nH]c3C2)CN[C@@H]1c1cc(F)c(Cc2cn[nH]c2)cc1F. The summed E-state index contributed by atoms with van der Waals surface area (Å²) in [5.74, 6) is -0.859. The van der Waals surface area contributed by atoms with E-state index in [1.54, 1.807) is 12.4 Å². The standard InChI is InChI=1S/C20H23F2N7/c21-16-4-15(17(22)2-12(16)1-11-5-25-26-6-11)20-18(23)3-14(8-24-20)29-9-13-7-27-28-19(13)10-29/h2,4-7,14,18,20,24H,1,3,8-10,23H2,(H,25,26)(H,27,28)/t14-,18-,20+/m0/s1. The molecule has 0 radical (unpaired) electrons. The summed E-state index contributed by atoms with van der Waals surface area (Å²) in [5.41, 5.74) is 10.2. The highest BCUT2D eigenvalue weighted by atomic mass is 19.1. The van der Waals surface area contributed by atoms with Gasteiger partial charge in [-0.05, 0) is 29.7 Å². The van der Waals surface area contributed by atoms with E-state index in [4.69, 9.17) is 5.73 Å². The summed E-state index contributed by atoms with van der Waals surface area (Å²) in [5, 5.41) is 17.0. The maximum Gasteiger partial charge on any atom is 0.128 e. The highest BCUT2D eigenvalue weighted by Crippen LogP contribution is 2.31.